The van der Waals surface area contributed by atoms with Crippen molar-refractivity contribution in [2.45, 2.75) is 26.2 Å². The molecule has 0 bridgehead atoms. The summed E-state index contributed by atoms with van der Waals surface area (Å²) in [6.07, 6.45) is 2.38. The number of hydrogen-bond acceptors (Lipinski definition) is 2. The van der Waals surface area contributed by atoms with Crippen molar-refractivity contribution in [1.29, 1.82) is 5.41 Å². The Bertz CT molecular complexity index is 366. The first kappa shape index (κ1) is 12.8. The number of benzene rings is 1. The van der Waals surface area contributed by atoms with E-state index in [0.29, 0.717) is 18.1 Å². The van der Waals surface area contributed by atoms with E-state index in [4.69, 9.17) is 27.5 Å². The van der Waals surface area contributed by atoms with Gasteiger partial charge in [0.25, 0.3) is 0 Å². The highest BCUT2D eigenvalue weighted by Gasteiger charge is 2.01. The third-order valence-electron chi connectivity index (χ3n) is 2.18. The molecule has 0 amide bonds. The fourth-order valence-electron chi connectivity index (χ4n) is 1.32. The Labute approximate surface area is 101 Å². The lowest BCUT2D eigenvalue weighted by Gasteiger charge is -2.08. The predicted molar refractivity (Wildman–Crippen MR) is 67.4 cm³/mol. The van der Waals surface area contributed by atoms with Gasteiger partial charge in [0.15, 0.2) is 0 Å². The molecule has 0 radical (unpaired) electrons. The van der Waals surface area contributed by atoms with Gasteiger partial charge in [0.05, 0.1) is 17.5 Å². The van der Waals surface area contributed by atoms with E-state index in [1.54, 1.807) is 0 Å². The van der Waals surface area contributed by atoms with Crippen LogP contribution in [0.15, 0.2) is 18.2 Å². The minimum atomic E-state index is 0.230. The maximum absolute atomic E-state index is 7.07. The summed E-state index contributed by atoms with van der Waals surface area (Å²) >= 11 is 5.98. The van der Waals surface area contributed by atoms with Crippen LogP contribution in [0.5, 0.6) is 5.75 Å². The van der Waals surface area contributed by atoms with Crippen LogP contribution in [0.2, 0.25) is 5.02 Å². The summed E-state index contributed by atoms with van der Waals surface area (Å²) in [6.45, 7) is 2.61. The molecule has 88 valence electrons. The largest absolute Gasteiger partial charge is 0.492 e. The van der Waals surface area contributed by atoms with Crippen molar-refractivity contribution in [3.63, 3.8) is 0 Å². The van der Waals surface area contributed by atoms with E-state index >= 15 is 0 Å². The molecule has 3 nitrogen and oxygen atoms in total. The van der Waals surface area contributed by atoms with Crippen LogP contribution in [0.3, 0.4) is 0 Å². The Morgan fingerprint density at radius 2 is 2.19 bits per heavy atom. The summed E-state index contributed by atoms with van der Waals surface area (Å²) < 4.78 is 5.56. The zero-order valence-electron chi connectivity index (χ0n) is 9.42. The average Bonchev–Trinajstić information content (AvgIpc) is 2.22. The lowest BCUT2D eigenvalue weighted by Crippen LogP contribution is -2.09. The molecule has 0 unspecified atom stereocenters. The smallest absolute Gasteiger partial charge is 0.138 e. The van der Waals surface area contributed by atoms with Gasteiger partial charge in [-0.25, -0.2) is 0 Å². The molecule has 0 aliphatic heterocycles. The van der Waals surface area contributed by atoms with E-state index < -0.39 is 0 Å². The summed E-state index contributed by atoms with van der Waals surface area (Å²) in [5.41, 5.74) is 6.38. The van der Waals surface area contributed by atoms with Gasteiger partial charge in [-0.3, -0.25) is 5.41 Å². The van der Waals surface area contributed by atoms with Crippen LogP contribution in [-0.4, -0.2) is 12.4 Å². The van der Waals surface area contributed by atoms with Crippen LogP contribution < -0.4 is 10.5 Å². The molecule has 0 spiro atoms. The topological polar surface area (TPSA) is 59.1 Å². The van der Waals surface area contributed by atoms with Gasteiger partial charge in [-0.1, -0.05) is 17.7 Å². The molecule has 1 rings (SSSR count). The fraction of sp³-hybridized carbons (Fsp3) is 0.417. The first-order chi connectivity index (χ1) is 7.59. The molecular formula is C12H17ClN2O. The minimum absolute atomic E-state index is 0.230. The molecule has 0 fully saturated rings. The molecule has 0 atom stereocenters. The lowest BCUT2D eigenvalue weighted by atomic mass is 10.2. The monoisotopic (exact) mass is 240 g/mol. The Hall–Kier alpha value is -1.22. The van der Waals surface area contributed by atoms with E-state index in [1.165, 1.54) is 0 Å². The van der Waals surface area contributed by atoms with Crippen LogP contribution in [0.25, 0.3) is 0 Å². The first-order valence-electron chi connectivity index (χ1n) is 5.31. The first-order valence-corrected chi connectivity index (χ1v) is 5.69. The van der Waals surface area contributed by atoms with Gasteiger partial charge in [-0.2, -0.15) is 0 Å². The van der Waals surface area contributed by atoms with Crippen LogP contribution in [-0.2, 0) is 0 Å². The highest BCUT2D eigenvalue weighted by Crippen LogP contribution is 2.25. The summed E-state index contributed by atoms with van der Waals surface area (Å²) in [7, 11) is 0. The lowest BCUT2D eigenvalue weighted by molar-refractivity contribution is 0.308. The van der Waals surface area contributed by atoms with Crippen LogP contribution in [0.1, 0.15) is 24.8 Å². The quantitative estimate of drug-likeness (QED) is 0.456. The summed E-state index contributed by atoms with van der Waals surface area (Å²) in [6, 6.07) is 5.71. The Kier molecular flexibility index (Phi) is 5.12. The predicted octanol–water partition coefficient (Wildman–Crippen LogP) is 3.13. The second-order valence-corrected chi connectivity index (χ2v) is 4.17. The second kappa shape index (κ2) is 6.38. The Morgan fingerprint density at radius 3 is 2.88 bits per heavy atom. The van der Waals surface area contributed by atoms with E-state index in [-0.39, 0.29) is 5.84 Å². The van der Waals surface area contributed by atoms with E-state index in [9.17, 15) is 0 Å². The average molecular weight is 241 g/mol. The fourth-order valence-corrected chi connectivity index (χ4v) is 1.49. The van der Waals surface area contributed by atoms with Crippen molar-refractivity contribution in [2.24, 2.45) is 5.73 Å². The van der Waals surface area contributed by atoms with E-state index in [0.717, 1.165) is 24.2 Å². The molecule has 0 saturated carbocycles. The van der Waals surface area contributed by atoms with Gasteiger partial charge >= 0.3 is 0 Å². The maximum Gasteiger partial charge on any atom is 0.138 e. The van der Waals surface area contributed by atoms with Gasteiger partial charge in [0.2, 0.25) is 0 Å². The Morgan fingerprint density at radius 1 is 1.44 bits per heavy atom. The van der Waals surface area contributed by atoms with Crippen molar-refractivity contribution in [1.82, 2.24) is 0 Å². The number of amidine groups is 1. The maximum atomic E-state index is 7.07. The third-order valence-corrected chi connectivity index (χ3v) is 2.50. The van der Waals surface area contributed by atoms with Crippen molar-refractivity contribution in [2.75, 3.05) is 6.61 Å². The number of nitrogens with two attached hydrogens (primary N) is 1. The van der Waals surface area contributed by atoms with Gasteiger partial charge in [-0.15, -0.1) is 0 Å². The molecular weight excluding hydrogens is 224 g/mol. The molecule has 16 heavy (non-hydrogen) atoms. The van der Waals surface area contributed by atoms with E-state index in [1.807, 2.05) is 25.1 Å². The number of ether oxygens (including phenoxy) is 1. The molecule has 0 aliphatic rings. The van der Waals surface area contributed by atoms with Crippen LogP contribution in [0, 0.1) is 12.3 Å². The van der Waals surface area contributed by atoms with Crippen LogP contribution in [0.4, 0.5) is 0 Å². The Balaban J connectivity index is 2.31. The zero-order valence-corrected chi connectivity index (χ0v) is 10.2. The number of unbranched alkanes of at least 4 members (excludes halogenated alkanes) is 1. The molecule has 4 heteroatoms. The number of rotatable bonds is 6. The molecule has 1 aromatic carbocycles. The zero-order chi connectivity index (χ0) is 12.0. The second-order valence-electron chi connectivity index (χ2n) is 3.76. The summed E-state index contributed by atoms with van der Waals surface area (Å²) in [5.74, 6) is 0.957. The van der Waals surface area contributed by atoms with Crippen LogP contribution >= 0.6 is 11.6 Å². The third kappa shape index (κ3) is 4.53. The van der Waals surface area contributed by atoms with Gasteiger partial charge < -0.3 is 10.5 Å². The molecule has 0 saturated heterocycles. The normalized spacial score (nSPS) is 10.1. The van der Waals surface area contributed by atoms with Crippen molar-refractivity contribution in [3.8, 4) is 5.75 Å². The highest BCUT2D eigenvalue weighted by molar-refractivity contribution is 6.32. The number of halogens is 1. The minimum Gasteiger partial charge on any atom is -0.492 e. The molecule has 0 aliphatic carbocycles. The standard InChI is InChI=1S/C12H17ClN2O/c1-9-5-6-10(13)11(8-9)16-7-3-2-4-12(14)15/h5-6,8H,2-4,7H2,1H3,(H3,14,15). The highest BCUT2D eigenvalue weighted by atomic mass is 35.5. The van der Waals surface area contributed by atoms with Gasteiger partial charge in [-0.05, 0) is 37.5 Å². The molecule has 0 heterocycles. The SMILES string of the molecule is Cc1ccc(Cl)c(OCCCCC(=N)N)c1. The summed E-state index contributed by atoms with van der Waals surface area (Å²) in [5, 5.41) is 7.71. The van der Waals surface area contributed by atoms with E-state index in [2.05, 4.69) is 0 Å². The molecule has 1 aromatic rings. The number of hydrogen-bond donors (Lipinski definition) is 2. The number of nitrogens with one attached hydrogen (secondary N) is 1. The van der Waals surface area contributed by atoms with Gasteiger partial charge in [0, 0.05) is 6.42 Å². The van der Waals surface area contributed by atoms with Gasteiger partial charge in [0.1, 0.15) is 5.75 Å². The van der Waals surface area contributed by atoms with Crippen molar-refractivity contribution < 1.29 is 4.74 Å². The summed E-state index contributed by atoms with van der Waals surface area (Å²) in [4.78, 5) is 0. The van der Waals surface area contributed by atoms with Crippen molar-refractivity contribution in [3.05, 3.63) is 28.8 Å². The van der Waals surface area contributed by atoms with Crippen molar-refractivity contribution >= 4 is 17.4 Å². The number of aryl methyl sites for hydroxylation is 1. The molecule has 0 aromatic heterocycles. The molecule has 3 N–H and O–H groups in total.